The van der Waals surface area contributed by atoms with Crippen molar-refractivity contribution in [3.63, 3.8) is 0 Å². The lowest BCUT2D eigenvalue weighted by Crippen LogP contribution is -2.00. The van der Waals surface area contributed by atoms with Crippen molar-refractivity contribution in [1.29, 1.82) is 0 Å². The van der Waals surface area contributed by atoms with Crippen molar-refractivity contribution in [2.75, 3.05) is 0 Å². The first-order valence-electron chi connectivity index (χ1n) is 3.64. The number of nitrogens with zero attached hydrogens (tertiary/aromatic N) is 2. The number of hydrogen-bond donors (Lipinski definition) is 1. The van der Waals surface area contributed by atoms with Gasteiger partial charge in [0, 0.05) is 11.6 Å². The molecule has 0 amide bonds. The van der Waals surface area contributed by atoms with Gasteiger partial charge in [-0.15, -0.1) is 0 Å². The van der Waals surface area contributed by atoms with Crippen LogP contribution in [0.2, 0.25) is 0 Å². The second-order valence-corrected chi connectivity index (χ2v) is 2.60. The van der Waals surface area contributed by atoms with Gasteiger partial charge in [0.15, 0.2) is 5.69 Å². The third-order valence-electron chi connectivity index (χ3n) is 1.78. The summed E-state index contributed by atoms with van der Waals surface area (Å²) in [7, 11) is 0. The van der Waals surface area contributed by atoms with Crippen LogP contribution >= 0.6 is 0 Å². The predicted molar refractivity (Wildman–Crippen MR) is 43.5 cm³/mol. The Bertz CT molecular complexity index is 475. The van der Waals surface area contributed by atoms with Gasteiger partial charge >= 0.3 is 5.97 Å². The average Bonchev–Trinajstić information content (AvgIpc) is 2.48. The van der Waals surface area contributed by atoms with E-state index in [1.807, 2.05) is 0 Å². The maximum Gasteiger partial charge on any atom is 0.356 e. The smallest absolute Gasteiger partial charge is 0.356 e. The molecule has 0 aliphatic heterocycles. The van der Waals surface area contributed by atoms with Crippen molar-refractivity contribution in [2.45, 2.75) is 6.92 Å². The number of carboxylic acid groups (broad SMARTS) is 1. The fourth-order valence-electron chi connectivity index (χ4n) is 1.15. The second-order valence-electron chi connectivity index (χ2n) is 2.60. The molecule has 0 atom stereocenters. The molecule has 2 heterocycles. The standard InChI is InChI=1S/C8H6N2O3/c1-4-5-2-3-9-7(8(11)12)6(5)10-13-4/h2-3H,1H3,(H,11,12). The monoisotopic (exact) mass is 178 g/mol. The Labute approximate surface area is 73.0 Å². The molecule has 5 nitrogen and oxygen atoms in total. The molecule has 2 rings (SSSR count). The molecule has 0 saturated heterocycles. The highest BCUT2D eigenvalue weighted by molar-refractivity contribution is 5.99. The fraction of sp³-hybridized carbons (Fsp3) is 0.125. The molecule has 2 aromatic rings. The molecule has 0 radical (unpaired) electrons. The zero-order chi connectivity index (χ0) is 9.42. The molecule has 0 aliphatic rings. The number of carboxylic acids is 1. The Kier molecular flexibility index (Phi) is 1.51. The molecule has 66 valence electrons. The van der Waals surface area contributed by atoms with Crippen LogP contribution in [0.25, 0.3) is 10.9 Å². The molecule has 2 aromatic heterocycles. The first-order chi connectivity index (χ1) is 6.20. The van der Waals surface area contributed by atoms with Crippen molar-refractivity contribution in [3.05, 3.63) is 23.7 Å². The molecule has 0 unspecified atom stereocenters. The van der Waals surface area contributed by atoms with Crippen LogP contribution in [0, 0.1) is 6.92 Å². The van der Waals surface area contributed by atoms with Gasteiger partial charge in [-0.05, 0) is 13.0 Å². The molecule has 0 bridgehead atoms. The molecular weight excluding hydrogens is 172 g/mol. The van der Waals surface area contributed by atoms with Gasteiger partial charge in [0.2, 0.25) is 0 Å². The summed E-state index contributed by atoms with van der Waals surface area (Å²) in [4.78, 5) is 14.4. The van der Waals surface area contributed by atoms with Gasteiger partial charge in [-0.3, -0.25) is 0 Å². The highest BCUT2D eigenvalue weighted by Crippen LogP contribution is 2.18. The SMILES string of the molecule is Cc1onc2c(C(=O)O)nccc12. The lowest BCUT2D eigenvalue weighted by Gasteiger charge is -1.91. The number of pyridine rings is 1. The number of carbonyl (C=O) groups is 1. The number of hydrogen-bond acceptors (Lipinski definition) is 4. The first kappa shape index (κ1) is 7.72. The Morgan fingerprint density at radius 2 is 2.38 bits per heavy atom. The number of aryl methyl sites for hydroxylation is 1. The van der Waals surface area contributed by atoms with Crippen LogP contribution in [0.4, 0.5) is 0 Å². The van der Waals surface area contributed by atoms with Crippen molar-refractivity contribution in [1.82, 2.24) is 10.1 Å². The minimum Gasteiger partial charge on any atom is -0.476 e. The summed E-state index contributed by atoms with van der Waals surface area (Å²) >= 11 is 0. The highest BCUT2D eigenvalue weighted by atomic mass is 16.5. The molecule has 0 aliphatic carbocycles. The molecule has 5 heteroatoms. The second kappa shape index (κ2) is 2.55. The molecule has 13 heavy (non-hydrogen) atoms. The van der Waals surface area contributed by atoms with Gasteiger partial charge in [0.05, 0.1) is 0 Å². The topological polar surface area (TPSA) is 76.2 Å². The first-order valence-corrected chi connectivity index (χ1v) is 3.64. The van der Waals surface area contributed by atoms with Gasteiger partial charge in [0.1, 0.15) is 11.3 Å². The van der Waals surface area contributed by atoms with Crippen LogP contribution in [0.5, 0.6) is 0 Å². The lowest BCUT2D eigenvalue weighted by atomic mass is 10.2. The van der Waals surface area contributed by atoms with E-state index in [1.165, 1.54) is 6.20 Å². The molecule has 0 aromatic carbocycles. The summed E-state index contributed by atoms with van der Waals surface area (Å²) in [5, 5.41) is 13.1. The van der Waals surface area contributed by atoms with E-state index in [4.69, 9.17) is 9.63 Å². The van der Waals surface area contributed by atoms with E-state index in [9.17, 15) is 4.79 Å². The number of fused-ring (bicyclic) bond motifs is 1. The zero-order valence-electron chi connectivity index (χ0n) is 6.81. The van der Waals surface area contributed by atoms with E-state index in [2.05, 4.69) is 10.1 Å². The molecular formula is C8H6N2O3. The predicted octanol–water partition coefficient (Wildman–Crippen LogP) is 1.23. The average molecular weight is 178 g/mol. The van der Waals surface area contributed by atoms with Gasteiger partial charge in [-0.25, -0.2) is 9.78 Å². The van der Waals surface area contributed by atoms with E-state index in [1.54, 1.807) is 13.0 Å². The van der Waals surface area contributed by atoms with Crippen LogP contribution in [-0.4, -0.2) is 21.2 Å². The number of rotatable bonds is 1. The summed E-state index contributed by atoms with van der Waals surface area (Å²) in [6, 6.07) is 1.67. The van der Waals surface area contributed by atoms with Gasteiger partial charge < -0.3 is 9.63 Å². The van der Waals surface area contributed by atoms with Crippen molar-refractivity contribution >= 4 is 16.9 Å². The molecule has 1 N–H and O–H groups in total. The summed E-state index contributed by atoms with van der Waals surface area (Å²) in [6.45, 7) is 1.72. The maximum atomic E-state index is 10.7. The van der Waals surface area contributed by atoms with Crippen molar-refractivity contribution in [2.24, 2.45) is 0 Å². The van der Waals surface area contributed by atoms with Crippen molar-refractivity contribution in [3.8, 4) is 0 Å². The van der Waals surface area contributed by atoms with Crippen LogP contribution in [0.1, 0.15) is 16.2 Å². The van der Waals surface area contributed by atoms with Gasteiger partial charge in [-0.2, -0.15) is 0 Å². The summed E-state index contributed by atoms with van der Waals surface area (Å²) in [6.07, 6.45) is 1.43. The molecule has 0 saturated carbocycles. The number of aromatic carboxylic acids is 1. The Balaban J connectivity index is 2.84. The zero-order valence-corrected chi connectivity index (χ0v) is 6.81. The highest BCUT2D eigenvalue weighted by Gasteiger charge is 2.14. The third-order valence-corrected chi connectivity index (χ3v) is 1.78. The van der Waals surface area contributed by atoms with E-state index < -0.39 is 5.97 Å². The minimum atomic E-state index is -1.10. The largest absolute Gasteiger partial charge is 0.476 e. The Morgan fingerprint density at radius 3 is 3.08 bits per heavy atom. The van der Waals surface area contributed by atoms with Crippen LogP contribution in [0.3, 0.4) is 0 Å². The van der Waals surface area contributed by atoms with Crippen LogP contribution < -0.4 is 0 Å². The summed E-state index contributed by atoms with van der Waals surface area (Å²) in [5.74, 6) is -0.501. The summed E-state index contributed by atoms with van der Waals surface area (Å²) < 4.78 is 4.85. The van der Waals surface area contributed by atoms with Crippen LogP contribution in [-0.2, 0) is 0 Å². The third kappa shape index (κ3) is 1.05. The minimum absolute atomic E-state index is 0.0747. The van der Waals surface area contributed by atoms with E-state index in [-0.39, 0.29) is 5.69 Å². The fourth-order valence-corrected chi connectivity index (χ4v) is 1.15. The van der Waals surface area contributed by atoms with Gasteiger partial charge in [-0.1, -0.05) is 5.16 Å². The number of aromatic nitrogens is 2. The van der Waals surface area contributed by atoms with Crippen LogP contribution in [0.15, 0.2) is 16.8 Å². The van der Waals surface area contributed by atoms with E-state index >= 15 is 0 Å². The maximum absolute atomic E-state index is 10.7. The van der Waals surface area contributed by atoms with E-state index in [0.717, 1.165) is 0 Å². The summed E-state index contributed by atoms with van der Waals surface area (Å²) in [5.41, 5.74) is 0.224. The molecule has 0 spiro atoms. The Morgan fingerprint density at radius 1 is 1.62 bits per heavy atom. The molecule has 0 fully saturated rings. The van der Waals surface area contributed by atoms with Gasteiger partial charge in [0.25, 0.3) is 0 Å². The van der Waals surface area contributed by atoms with Crippen molar-refractivity contribution < 1.29 is 14.4 Å². The Hall–Kier alpha value is -1.91. The van der Waals surface area contributed by atoms with E-state index in [0.29, 0.717) is 16.7 Å². The quantitative estimate of drug-likeness (QED) is 0.710. The lowest BCUT2D eigenvalue weighted by molar-refractivity contribution is 0.0692. The normalized spacial score (nSPS) is 10.5.